The van der Waals surface area contributed by atoms with E-state index in [1.807, 2.05) is 53.2 Å². The van der Waals surface area contributed by atoms with Gasteiger partial charge in [-0.1, -0.05) is 36.1 Å². The molecule has 0 atom stereocenters. The molecule has 21 heavy (non-hydrogen) atoms. The Morgan fingerprint density at radius 2 is 1.86 bits per heavy atom. The standard InChI is InChI=1S/C18H13NO2/c20-18(21)16-9-4-10-17-15(16)11-13-19(17)12-5-8-14-6-2-1-3-7-14/h1-4,6-7,9-11,13H,12H2,(H,20,21). The molecule has 0 saturated carbocycles. The van der Waals surface area contributed by atoms with E-state index in [-0.39, 0.29) is 0 Å². The van der Waals surface area contributed by atoms with E-state index >= 15 is 0 Å². The third-order valence-corrected chi connectivity index (χ3v) is 3.30. The molecule has 0 radical (unpaired) electrons. The van der Waals surface area contributed by atoms with E-state index in [0.29, 0.717) is 12.1 Å². The Labute approximate surface area is 122 Å². The van der Waals surface area contributed by atoms with Crippen molar-refractivity contribution in [2.24, 2.45) is 0 Å². The zero-order valence-corrected chi connectivity index (χ0v) is 11.3. The van der Waals surface area contributed by atoms with E-state index in [1.54, 1.807) is 12.1 Å². The van der Waals surface area contributed by atoms with Crippen LogP contribution in [0.2, 0.25) is 0 Å². The van der Waals surface area contributed by atoms with Crippen molar-refractivity contribution in [3.63, 3.8) is 0 Å². The SMILES string of the molecule is O=C(O)c1cccc2c1ccn2CC#Cc1ccccc1. The van der Waals surface area contributed by atoms with E-state index in [2.05, 4.69) is 11.8 Å². The van der Waals surface area contributed by atoms with Crippen LogP contribution in [0.5, 0.6) is 0 Å². The predicted molar refractivity (Wildman–Crippen MR) is 82.2 cm³/mol. The lowest BCUT2D eigenvalue weighted by Crippen LogP contribution is -1.98. The first-order valence-electron chi connectivity index (χ1n) is 6.61. The van der Waals surface area contributed by atoms with Crippen LogP contribution in [-0.2, 0) is 6.54 Å². The van der Waals surface area contributed by atoms with E-state index in [4.69, 9.17) is 0 Å². The minimum absolute atomic E-state index is 0.322. The third kappa shape index (κ3) is 2.65. The lowest BCUT2D eigenvalue weighted by Gasteiger charge is -2.01. The zero-order chi connectivity index (χ0) is 14.7. The van der Waals surface area contributed by atoms with Gasteiger partial charge in [-0.25, -0.2) is 4.79 Å². The number of fused-ring (bicyclic) bond motifs is 1. The second kappa shape index (κ2) is 5.56. The van der Waals surface area contributed by atoms with E-state index in [1.165, 1.54) is 0 Å². The van der Waals surface area contributed by atoms with Crippen LogP contribution in [0.1, 0.15) is 15.9 Å². The lowest BCUT2D eigenvalue weighted by molar-refractivity contribution is 0.0699. The molecule has 3 nitrogen and oxygen atoms in total. The first-order chi connectivity index (χ1) is 10.3. The number of nitrogens with zero attached hydrogens (tertiary/aromatic N) is 1. The molecule has 0 unspecified atom stereocenters. The third-order valence-electron chi connectivity index (χ3n) is 3.30. The van der Waals surface area contributed by atoms with Crippen LogP contribution in [0, 0.1) is 11.8 Å². The summed E-state index contributed by atoms with van der Waals surface area (Å²) in [7, 11) is 0. The Morgan fingerprint density at radius 3 is 2.62 bits per heavy atom. The number of aromatic nitrogens is 1. The van der Waals surface area contributed by atoms with Crippen LogP contribution in [0.4, 0.5) is 0 Å². The molecule has 3 heteroatoms. The van der Waals surface area contributed by atoms with Crippen molar-refractivity contribution in [1.82, 2.24) is 4.57 Å². The molecular formula is C18H13NO2. The second-order valence-corrected chi connectivity index (χ2v) is 4.65. The highest BCUT2D eigenvalue weighted by Gasteiger charge is 2.09. The molecule has 1 heterocycles. The fourth-order valence-corrected chi connectivity index (χ4v) is 2.30. The summed E-state index contributed by atoms with van der Waals surface area (Å²) in [6, 6.07) is 16.9. The number of aromatic carboxylic acids is 1. The molecule has 0 aliphatic carbocycles. The van der Waals surface area contributed by atoms with Gasteiger partial charge in [0.05, 0.1) is 12.1 Å². The van der Waals surface area contributed by atoms with Gasteiger partial charge in [0.1, 0.15) is 0 Å². The summed E-state index contributed by atoms with van der Waals surface area (Å²) in [5, 5.41) is 9.92. The van der Waals surface area contributed by atoms with Crippen molar-refractivity contribution in [1.29, 1.82) is 0 Å². The number of benzene rings is 2. The predicted octanol–water partition coefficient (Wildman–Crippen LogP) is 3.39. The van der Waals surface area contributed by atoms with Crippen LogP contribution >= 0.6 is 0 Å². The minimum Gasteiger partial charge on any atom is -0.478 e. The van der Waals surface area contributed by atoms with Crippen molar-refractivity contribution >= 4 is 16.9 Å². The van der Waals surface area contributed by atoms with Gasteiger partial charge in [-0.05, 0) is 30.3 Å². The first-order valence-corrected chi connectivity index (χ1v) is 6.61. The van der Waals surface area contributed by atoms with Crippen molar-refractivity contribution < 1.29 is 9.90 Å². The van der Waals surface area contributed by atoms with Gasteiger partial charge in [0.25, 0.3) is 0 Å². The molecular weight excluding hydrogens is 262 g/mol. The van der Waals surface area contributed by atoms with E-state index in [9.17, 15) is 9.90 Å². The largest absolute Gasteiger partial charge is 0.478 e. The number of hydrogen-bond acceptors (Lipinski definition) is 1. The molecule has 0 spiro atoms. The molecule has 0 aliphatic rings. The Balaban J connectivity index is 1.91. The monoisotopic (exact) mass is 275 g/mol. The number of carboxylic acid groups (broad SMARTS) is 1. The number of carboxylic acids is 1. The number of rotatable bonds is 2. The average molecular weight is 275 g/mol. The van der Waals surface area contributed by atoms with Gasteiger partial charge in [0, 0.05) is 22.7 Å². The van der Waals surface area contributed by atoms with Gasteiger partial charge in [-0.15, -0.1) is 0 Å². The average Bonchev–Trinajstić information content (AvgIpc) is 2.91. The van der Waals surface area contributed by atoms with Crippen LogP contribution in [0.3, 0.4) is 0 Å². The molecule has 0 bridgehead atoms. The highest BCUT2D eigenvalue weighted by Crippen LogP contribution is 2.20. The minimum atomic E-state index is -0.909. The summed E-state index contributed by atoms with van der Waals surface area (Å²) >= 11 is 0. The maximum absolute atomic E-state index is 11.2. The van der Waals surface area contributed by atoms with E-state index in [0.717, 1.165) is 16.5 Å². The Morgan fingerprint density at radius 1 is 1.05 bits per heavy atom. The summed E-state index contributed by atoms with van der Waals surface area (Å²) in [5.41, 5.74) is 2.18. The number of hydrogen-bond donors (Lipinski definition) is 1. The first kappa shape index (κ1) is 13.0. The highest BCUT2D eigenvalue weighted by molar-refractivity contribution is 6.02. The molecule has 0 fully saturated rings. The molecule has 0 saturated heterocycles. The lowest BCUT2D eigenvalue weighted by atomic mass is 10.1. The van der Waals surface area contributed by atoms with Gasteiger partial charge in [-0.2, -0.15) is 0 Å². The maximum Gasteiger partial charge on any atom is 0.336 e. The van der Waals surface area contributed by atoms with Crippen molar-refractivity contribution in [3.05, 3.63) is 71.9 Å². The molecule has 102 valence electrons. The summed E-state index contributed by atoms with van der Waals surface area (Å²) < 4.78 is 1.96. The molecule has 1 aromatic heterocycles. The quantitative estimate of drug-likeness (QED) is 0.728. The second-order valence-electron chi connectivity index (χ2n) is 4.65. The molecule has 0 amide bonds. The van der Waals surface area contributed by atoms with Crippen molar-refractivity contribution in [2.75, 3.05) is 0 Å². The molecule has 3 aromatic rings. The van der Waals surface area contributed by atoms with Crippen LogP contribution in [-0.4, -0.2) is 15.6 Å². The van der Waals surface area contributed by atoms with Crippen LogP contribution in [0.25, 0.3) is 10.9 Å². The summed E-state index contributed by atoms with van der Waals surface area (Å²) in [5.74, 6) is 5.30. The van der Waals surface area contributed by atoms with E-state index < -0.39 is 5.97 Å². The van der Waals surface area contributed by atoms with Gasteiger partial charge < -0.3 is 9.67 Å². The van der Waals surface area contributed by atoms with Gasteiger partial charge in [0.15, 0.2) is 0 Å². The van der Waals surface area contributed by atoms with Crippen LogP contribution in [0.15, 0.2) is 60.8 Å². The molecule has 3 rings (SSSR count). The van der Waals surface area contributed by atoms with Crippen molar-refractivity contribution in [2.45, 2.75) is 6.54 Å². The summed E-state index contributed by atoms with van der Waals surface area (Å²) in [6.45, 7) is 0.529. The van der Waals surface area contributed by atoms with Gasteiger partial charge in [0.2, 0.25) is 0 Å². The zero-order valence-electron chi connectivity index (χ0n) is 11.3. The fraction of sp³-hybridized carbons (Fsp3) is 0.0556. The highest BCUT2D eigenvalue weighted by atomic mass is 16.4. The van der Waals surface area contributed by atoms with Crippen LogP contribution < -0.4 is 0 Å². The normalized spacial score (nSPS) is 10.1. The Bertz CT molecular complexity index is 851. The number of carbonyl (C=O) groups is 1. The molecule has 1 N–H and O–H groups in total. The molecule has 0 aliphatic heterocycles. The topological polar surface area (TPSA) is 42.2 Å². The Hall–Kier alpha value is -2.99. The Kier molecular flexibility index (Phi) is 3.44. The van der Waals surface area contributed by atoms with Gasteiger partial charge in [-0.3, -0.25) is 0 Å². The smallest absolute Gasteiger partial charge is 0.336 e. The van der Waals surface area contributed by atoms with Crippen molar-refractivity contribution in [3.8, 4) is 11.8 Å². The molecule has 2 aromatic carbocycles. The fourth-order valence-electron chi connectivity index (χ4n) is 2.30. The summed E-state index contributed by atoms with van der Waals surface area (Å²) in [4.78, 5) is 11.2. The maximum atomic E-state index is 11.2. The summed E-state index contributed by atoms with van der Waals surface area (Å²) in [6.07, 6.45) is 1.87. The van der Waals surface area contributed by atoms with Gasteiger partial charge >= 0.3 is 5.97 Å².